The van der Waals surface area contributed by atoms with Gasteiger partial charge in [-0.15, -0.1) is 0 Å². The van der Waals surface area contributed by atoms with Gasteiger partial charge in [0.2, 0.25) is 0 Å². The Kier molecular flexibility index (Phi) is 5.04. The first-order valence-corrected chi connectivity index (χ1v) is 6.59. The second-order valence-electron chi connectivity index (χ2n) is 4.50. The van der Waals surface area contributed by atoms with Gasteiger partial charge < -0.3 is 10.1 Å². The highest BCUT2D eigenvalue weighted by molar-refractivity contribution is 5.94. The number of nitrogens with one attached hydrogen (secondary N) is 1. The zero-order chi connectivity index (χ0) is 15.1. The summed E-state index contributed by atoms with van der Waals surface area (Å²) in [7, 11) is 0. The first-order valence-electron chi connectivity index (χ1n) is 6.59. The van der Waals surface area contributed by atoms with Gasteiger partial charge in [0, 0.05) is 18.0 Å². The van der Waals surface area contributed by atoms with Crippen LogP contribution in [0.3, 0.4) is 0 Å². The zero-order valence-electron chi connectivity index (χ0n) is 11.7. The van der Waals surface area contributed by atoms with Gasteiger partial charge in [-0.3, -0.25) is 9.78 Å². The Morgan fingerprint density at radius 1 is 1.14 bits per heavy atom. The maximum atomic E-state index is 11.8. The van der Waals surface area contributed by atoms with Crippen molar-refractivity contribution in [2.45, 2.75) is 6.92 Å². The van der Waals surface area contributed by atoms with Gasteiger partial charge in [-0.25, -0.2) is 4.79 Å². The monoisotopic (exact) mass is 284 g/mol. The lowest BCUT2D eigenvalue weighted by molar-refractivity contribution is 0.0503. The third-order valence-electron chi connectivity index (χ3n) is 2.82. The number of aryl methyl sites for hydroxylation is 1. The highest BCUT2D eigenvalue weighted by Gasteiger charge is 2.08. The molecule has 0 saturated heterocycles. The van der Waals surface area contributed by atoms with Crippen LogP contribution in [0, 0.1) is 6.92 Å². The van der Waals surface area contributed by atoms with Crippen LogP contribution in [0.2, 0.25) is 0 Å². The normalized spacial score (nSPS) is 9.95. The minimum Gasteiger partial charge on any atom is -0.460 e. The fourth-order valence-electron chi connectivity index (χ4n) is 1.77. The first-order chi connectivity index (χ1) is 10.2. The smallest absolute Gasteiger partial charge is 0.338 e. The summed E-state index contributed by atoms with van der Waals surface area (Å²) >= 11 is 0. The van der Waals surface area contributed by atoms with Gasteiger partial charge in [-0.05, 0) is 31.2 Å². The van der Waals surface area contributed by atoms with Crippen molar-refractivity contribution in [3.63, 3.8) is 0 Å². The molecular weight excluding hydrogens is 268 g/mol. The van der Waals surface area contributed by atoms with Crippen LogP contribution in [-0.4, -0.2) is 30.0 Å². The quantitative estimate of drug-likeness (QED) is 0.673. The maximum Gasteiger partial charge on any atom is 0.338 e. The van der Waals surface area contributed by atoms with Crippen LogP contribution in [0.5, 0.6) is 0 Å². The standard InChI is InChI=1S/C16H16N2O3/c1-12-3-2-4-14(11-12)16(20)21-10-9-18-15(19)13-5-7-17-8-6-13/h2-8,11H,9-10H2,1H3,(H,18,19). The van der Waals surface area contributed by atoms with Crippen molar-refractivity contribution in [1.29, 1.82) is 0 Å². The first kappa shape index (κ1) is 14.7. The minimum absolute atomic E-state index is 0.129. The summed E-state index contributed by atoms with van der Waals surface area (Å²) in [4.78, 5) is 27.3. The van der Waals surface area contributed by atoms with E-state index >= 15 is 0 Å². The lowest BCUT2D eigenvalue weighted by Gasteiger charge is -2.07. The molecular formula is C16H16N2O3. The summed E-state index contributed by atoms with van der Waals surface area (Å²) in [6, 6.07) is 10.4. The van der Waals surface area contributed by atoms with Gasteiger partial charge in [-0.1, -0.05) is 17.7 Å². The summed E-state index contributed by atoms with van der Waals surface area (Å²) in [5.41, 5.74) is 2.03. The fourth-order valence-corrected chi connectivity index (χ4v) is 1.77. The van der Waals surface area contributed by atoms with Crippen LogP contribution in [0.1, 0.15) is 26.3 Å². The van der Waals surface area contributed by atoms with Gasteiger partial charge >= 0.3 is 5.97 Å². The van der Waals surface area contributed by atoms with Crippen molar-refractivity contribution in [3.05, 3.63) is 65.5 Å². The summed E-state index contributed by atoms with van der Waals surface area (Å²) < 4.78 is 5.10. The van der Waals surface area contributed by atoms with E-state index in [0.717, 1.165) is 5.56 Å². The van der Waals surface area contributed by atoms with E-state index in [1.54, 1.807) is 42.7 Å². The molecule has 0 fully saturated rings. The van der Waals surface area contributed by atoms with Gasteiger partial charge in [0.15, 0.2) is 0 Å². The van der Waals surface area contributed by atoms with Gasteiger partial charge in [-0.2, -0.15) is 0 Å². The molecule has 0 radical (unpaired) electrons. The molecule has 0 bridgehead atoms. The third-order valence-corrected chi connectivity index (χ3v) is 2.82. The van der Waals surface area contributed by atoms with Gasteiger partial charge in [0.05, 0.1) is 12.1 Å². The number of hydrogen-bond donors (Lipinski definition) is 1. The summed E-state index contributed by atoms with van der Waals surface area (Å²) in [5.74, 6) is -0.610. The van der Waals surface area contributed by atoms with E-state index in [4.69, 9.17) is 4.74 Å². The molecule has 1 aromatic heterocycles. The second-order valence-corrected chi connectivity index (χ2v) is 4.50. The summed E-state index contributed by atoms with van der Waals surface area (Å²) in [6.07, 6.45) is 3.10. The number of hydrogen-bond acceptors (Lipinski definition) is 4. The lowest BCUT2D eigenvalue weighted by Crippen LogP contribution is -2.28. The third kappa shape index (κ3) is 4.42. The molecule has 1 aromatic carbocycles. The molecule has 0 atom stereocenters. The number of nitrogens with zero attached hydrogens (tertiary/aromatic N) is 1. The van der Waals surface area contributed by atoms with Crippen molar-refractivity contribution in [1.82, 2.24) is 10.3 Å². The predicted octanol–water partition coefficient (Wildman–Crippen LogP) is 1.98. The molecule has 0 saturated carbocycles. The number of rotatable bonds is 5. The van der Waals surface area contributed by atoms with Crippen LogP contribution < -0.4 is 5.32 Å². The molecule has 0 aliphatic carbocycles. The highest BCUT2D eigenvalue weighted by atomic mass is 16.5. The van der Waals surface area contributed by atoms with Crippen LogP contribution in [-0.2, 0) is 4.74 Å². The number of pyridine rings is 1. The van der Waals surface area contributed by atoms with Gasteiger partial charge in [0.1, 0.15) is 6.61 Å². The number of carbonyl (C=O) groups is 2. The van der Waals surface area contributed by atoms with Crippen molar-refractivity contribution in [2.75, 3.05) is 13.2 Å². The van der Waals surface area contributed by atoms with E-state index in [9.17, 15) is 9.59 Å². The van der Waals surface area contributed by atoms with E-state index < -0.39 is 5.97 Å². The van der Waals surface area contributed by atoms with Crippen LogP contribution in [0.15, 0.2) is 48.8 Å². The Labute approximate surface area is 123 Å². The Balaban J connectivity index is 1.75. The maximum absolute atomic E-state index is 11.8. The molecule has 1 N–H and O–H groups in total. The molecule has 21 heavy (non-hydrogen) atoms. The van der Waals surface area contributed by atoms with Crippen LogP contribution >= 0.6 is 0 Å². The van der Waals surface area contributed by atoms with E-state index in [1.165, 1.54) is 0 Å². The summed E-state index contributed by atoms with van der Waals surface area (Å²) in [5, 5.41) is 2.67. The fraction of sp³-hybridized carbons (Fsp3) is 0.188. The van der Waals surface area contributed by atoms with Crippen molar-refractivity contribution in [3.8, 4) is 0 Å². The molecule has 5 nitrogen and oxygen atoms in total. The molecule has 1 amide bonds. The number of esters is 1. The molecule has 2 aromatic rings. The molecule has 108 valence electrons. The molecule has 1 heterocycles. The van der Waals surface area contributed by atoms with Crippen LogP contribution in [0.25, 0.3) is 0 Å². The SMILES string of the molecule is Cc1cccc(C(=O)OCCNC(=O)c2ccncc2)c1. The van der Waals surface area contributed by atoms with E-state index in [0.29, 0.717) is 11.1 Å². The largest absolute Gasteiger partial charge is 0.460 e. The van der Waals surface area contributed by atoms with Crippen LogP contribution in [0.4, 0.5) is 0 Å². The zero-order valence-corrected chi connectivity index (χ0v) is 11.7. The topological polar surface area (TPSA) is 68.3 Å². The van der Waals surface area contributed by atoms with Gasteiger partial charge in [0.25, 0.3) is 5.91 Å². The molecule has 0 aliphatic rings. The number of amides is 1. The lowest BCUT2D eigenvalue weighted by atomic mass is 10.1. The minimum atomic E-state index is -0.392. The molecule has 5 heteroatoms. The number of aromatic nitrogens is 1. The second kappa shape index (κ2) is 7.19. The number of carbonyl (C=O) groups excluding carboxylic acids is 2. The van der Waals surface area contributed by atoms with Crippen molar-refractivity contribution in [2.24, 2.45) is 0 Å². The molecule has 0 unspecified atom stereocenters. The van der Waals surface area contributed by atoms with Crippen molar-refractivity contribution >= 4 is 11.9 Å². The Bertz CT molecular complexity index is 626. The molecule has 0 aliphatic heterocycles. The Morgan fingerprint density at radius 2 is 1.90 bits per heavy atom. The summed E-state index contributed by atoms with van der Waals surface area (Å²) in [6.45, 7) is 2.30. The van der Waals surface area contributed by atoms with E-state index in [-0.39, 0.29) is 19.1 Å². The Hall–Kier alpha value is -2.69. The van der Waals surface area contributed by atoms with Crippen molar-refractivity contribution < 1.29 is 14.3 Å². The Morgan fingerprint density at radius 3 is 2.62 bits per heavy atom. The number of ether oxygens (including phenoxy) is 1. The van der Waals surface area contributed by atoms with E-state index in [1.807, 2.05) is 13.0 Å². The predicted molar refractivity (Wildman–Crippen MR) is 78.0 cm³/mol. The average Bonchev–Trinajstić information content (AvgIpc) is 2.52. The highest BCUT2D eigenvalue weighted by Crippen LogP contribution is 2.05. The molecule has 2 rings (SSSR count). The van der Waals surface area contributed by atoms with E-state index in [2.05, 4.69) is 10.3 Å². The number of benzene rings is 1. The average molecular weight is 284 g/mol. The molecule has 0 spiro atoms.